The number of aliphatic imine (C=N–C) groups is 1. The molecule has 0 saturated carbocycles. The van der Waals surface area contributed by atoms with Crippen LogP contribution in [-0.4, -0.2) is 80.6 Å². The summed E-state index contributed by atoms with van der Waals surface area (Å²) in [6, 6.07) is 0. The number of hydrogen-bond donors (Lipinski definition) is 1. The molecule has 6 nitrogen and oxygen atoms in total. The number of nitrogens with zero attached hydrogens (tertiary/aromatic N) is 3. The number of nitrogens with one attached hydrogen (secondary N) is 1. The van der Waals surface area contributed by atoms with E-state index in [1.807, 2.05) is 11.8 Å². The van der Waals surface area contributed by atoms with Crippen molar-refractivity contribution in [2.75, 3.05) is 57.0 Å². The van der Waals surface area contributed by atoms with Crippen LogP contribution in [0.1, 0.15) is 19.8 Å². The van der Waals surface area contributed by atoms with Crippen molar-refractivity contribution in [3.05, 3.63) is 0 Å². The molecule has 2 saturated heterocycles. The Hall–Kier alpha value is -0.470. The van der Waals surface area contributed by atoms with Gasteiger partial charge < -0.3 is 10.2 Å². The minimum atomic E-state index is -3.14. The molecule has 8 heteroatoms. The molecule has 2 aliphatic heterocycles. The molecule has 2 rings (SSSR count). The fourth-order valence-electron chi connectivity index (χ4n) is 2.96. The van der Waals surface area contributed by atoms with E-state index in [1.54, 1.807) is 11.4 Å². The molecule has 2 aliphatic rings. The second kappa shape index (κ2) is 8.40. The summed E-state index contributed by atoms with van der Waals surface area (Å²) in [7, 11) is -1.38. The first-order chi connectivity index (χ1) is 10.5. The number of guanidine groups is 1. The van der Waals surface area contributed by atoms with E-state index in [2.05, 4.69) is 22.1 Å². The van der Waals surface area contributed by atoms with Gasteiger partial charge in [-0.15, -0.1) is 0 Å². The molecule has 0 bridgehead atoms. The summed E-state index contributed by atoms with van der Waals surface area (Å²) < 4.78 is 26.2. The topological polar surface area (TPSA) is 65.0 Å². The number of rotatable bonds is 4. The molecule has 2 heterocycles. The minimum absolute atomic E-state index is 0.139. The van der Waals surface area contributed by atoms with Crippen LogP contribution in [0.15, 0.2) is 4.99 Å². The third-order valence-corrected chi connectivity index (χ3v) is 6.99. The van der Waals surface area contributed by atoms with Gasteiger partial charge in [-0.1, -0.05) is 6.92 Å². The SMILES string of the molecule is CN=C(NCCS(=O)(=O)N1CCSCC1)N1CCCC(C)C1. The molecule has 0 aromatic rings. The quantitative estimate of drug-likeness (QED) is 0.598. The predicted molar refractivity (Wildman–Crippen MR) is 94.0 cm³/mol. The summed E-state index contributed by atoms with van der Waals surface area (Å²) >= 11 is 1.82. The van der Waals surface area contributed by atoms with Gasteiger partial charge in [-0.2, -0.15) is 11.8 Å². The number of thioether (sulfide) groups is 1. The lowest BCUT2D eigenvalue weighted by Gasteiger charge is -2.33. The Balaban J connectivity index is 1.80. The Labute approximate surface area is 138 Å². The van der Waals surface area contributed by atoms with Crippen LogP contribution in [0.5, 0.6) is 0 Å². The van der Waals surface area contributed by atoms with Gasteiger partial charge in [-0.3, -0.25) is 4.99 Å². The molecule has 1 atom stereocenters. The third kappa shape index (κ3) is 5.03. The molecule has 0 radical (unpaired) electrons. The van der Waals surface area contributed by atoms with E-state index in [0.29, 0.717) is 25.6 Å². The van der Waals surface area contributed by atoms with Crippen molar-refractivity contribution >= 4 is 27.7 Å². The van der Waals surface area contributed by atoms with Crippen molar-refractivity contribution in [2.45, 2.75) is 19.8 Å². The first-order valence-electron chi connectivity index (χ1n) is 8.04. The Morgan fingerprint density at radius 3 is 2.68 bits per heavy atom. The van der Waals surface area contributed by atoms with Gasteiger partial charge in [0.25, 0.3) is 0 Å². The highest BCUT2D eigenvalue weighted by atomic mass is 32.2. The van der Waals surface area contributed by atoms with Gasteiger partial charge >= 0.3 is 0 Å². The molecule has 0 aliphatic carbocycles. The highest BCUT2D eigenvalue weighted by Gasteiger charge is 2.24. The smallest absolute Gasteiger partial charge is 0.215 e. The maximum atomic E-state index is 12.3. The fraction of sp³-hybridized carbons (Fsp3) is 0.929. The molecule has 1 unspecified atom stereocenters. The van der Waals surface area contributed by atoms with Crippen molar-refractivity contribution in [3.8, 4) is 0 Å². The van der Waals surface area contributed by atoms with E-state index in [-0.39, 0.29) is 5.75 Å². The molecular formula is C14H28N4O2S2. The Kier molecular flexibility index (Phi) is 6.83. The second-order valence-corrected chi connectivity index (χ2v) is 9.31. The van der Waals surface area contributed by atoms with Gasteiger partial charge in [-0.05, 0) is 18.8 Å². The average molecular weight is 349 g/mol. The monoisotopic (exact) mass is 348 g/mol. The Morgan fingerprint density at radius 2 is 2.05 bits per heavy atom. The standard InChI is InChI=1S/C14H28N4O2S2/c1-13-4-3-6-17(12-13)14(15-2)16-5-11-22(19,20)18-7-9-21-10-8-18/h13H,3-12H2,1-2H3,(H,15,16). The zero-order valence-corrected chi connectivity index (χ0v) is 15.3. The van der Waals surface area contributed by atoms with Crippen molar-refractivity contribution in [3.63, 3.8) is 0 Å². The van der Waals surface area contributed by atoms with E-state index < -0.39 is 10.0 Å². The largest absolute Gasteiger partial charge is 0.355 e. The molecule has 0 aromatic carbocycles. The van der Waals surface area contributed by atoms with Crippen LogP contribution < -0.4 is 5.32 Å². The molecular weight excluding hydrogens is 320 g/mol. The van der Waals surface area contributed by atoms with Gasteiger partial charge in [0.2, 0.25) is 10.0 Å². The summed E-state index contributed by atoms with van der Waals surface area (Å²) in [4.78, 5) is 6.53. The number of piperidine rings is 1. The molecule has 0 spiro atoms. The summed E-state index contributed by atoms with van der Waals surface area (Å²) in [5.41, 5.74) is 0. The van der Waals surface area contributed by atoms with E-state index in [9.17, 15) is 8.42 Å². The van der Waals surface area contributed by atoms with Gasteiger partial charge in [0.05, 0.1) is 5.75 Å². The van der Waals surface area contributed by atoms with Gasteiger partial charge in [0.15, 0.2) is 5.96 Å². The zero-order valence-electron chi connectivity index (χ0n) is 13.6. The van der Waals surface area contributed by atoms with E-state index >= 15 is 0 Å². The highest BCUT2D eigenvalue weighted by Crippen LogP contribution is 2.15. The van der Waals surface area contributed by atoms with Crippen LogP contribution in [0.4, 0.5) is 0 Å². The van der Waals surface area contributed by atoms with Crippen LogP contribution in [0, 0.1) is 5.92 Å². The van der Waals surface area contributed by atoms with Crippen molar-refractivity contribution in [1.29, 1.82) is 0 Å². The van der Waals surface area contributed by atoms with Gasteiger partial charge in [0.1, 0.15) is 0 Å². The third-order valence-electron chi connectivity index (χ3n) is 4.17. The van der Waals surface area contributed by atoms with Gasteiger partial charge in [0, 0.05) is 51.3 Å². The molecule has 128 valence electrons. The summed E-state index contributed by atoms with van der Waals surface area (Å²) in [5.74, 6) is 3.44. The molecule has 0 aromatic heterocycles. The van der Waals surface area contributed by atoms with Crippen LogP contribution >= 0.6 is 11.8 Å². The highest BCUT2D eigenvalue weighted by molar-refractivity contribution is 7.99. The lowest BCUT2D eigenvalue weighted by atomic mass is 10.0. The van der Waals surface area contributed by atoms with Crippen molar-refractivity contribution < 1.29 is 8.42 Å². The Bertz CT molecular complexity index is 475. The predicted octanol–water partition coefficient (Wildman–Crippen LogP) is 0.672. The molecule has 22 heavy (non-hydrogen) atoms. The maximum Gasteiger partial charge on any atom is 0.215 e. The molecule has 2 fully saturated rings. The Morgan fingerprint density at radius 1 is 1.32 bits per heavy atom. The first-order valence-corrected chi connectivity index (χ1v) is 10.8. The summed E-state index contributed by atoms with van der Waals surface area (Å²) in [5, 5.41) is 3.22. The van der Waals surface area contributed by atoms with E-state index in [1.165, 1.54) is 12.8 Å². The van der Waals surface area contributed by atoms with Crippen LogP contribution in [-0.2, 0) is 10.0 Å². The summed E-state index contributed by atoms with van der Waals surface area (Å²) in [6.07, 6.45) is 2.43. The normalized spacial score (nSPS) is 25.3. The van der Waals surface area contributed by atoms with Crippen molar-refractivity contribution in [1.82, 2.24) is 14.5 Å². The van der Waals surface area contributed by atoms with Crippen LogP contribution in [0.2, 0.25) is 0 Å². The average Bonchev–Trinajstić information content (AvgIpc) is 2.52. The zero-order chi connectivity index (χ0) is 16.0. The van der Waals surface area contributed by atoms with Crippen LogP contribution in [0.3, 0.4) is 0 Å². The summed E-state index contributed by atoms with van der Waals surface area (Å²) in [6.45, 7) is 5.95. The second-order valence-electron chi connectivity index (χ2n) is 5.99. The van der Waals surface area contributed by atoms with E-state index in [4.69, 9.17) is 0 Å². The maximum absolute atomic E-state index is 12.3. The number of likely N-dealkylation sites (tertiary alicyclic amines) is 1. The van der Waals surface area contributed by atoms with Crippen LogP contribution in [0.25, 0.3) is 0 Å². The lowest BCUT2D eigenvalue weighted by Crippen LogP contribution is -2.48. The minimum Gasteiger partial charge on any atom is -0.355 e. The first kappa shape index (κ1) is 17.9. The number of sulfonamides is 1. The number of hydrogen-bond acceptors (Lipinski definition) is 4. The lowest BCUT2D eigenvalue weighted by molar-refractivity contribution is 0.266. The van der Waals surface area contributed by atoms with Crippen molar-refractivity contribution in [2.24, 2.45) is 10.9 Å². The molecule has 1 N–H and O–H groups in total. The van der Waals surface area contributed by atoms with E-state index in [0.717, 1.165) is 30.6 Å². The fourth-order valence-corrected chi connectivity index (χ4v) is 5.45. The molecule has 0 amide bonds. The van der Waals surface area contributed by atoms with Gasteiger partial charge in [-0.25, -0.2) is 12.7 Å².